The third-order valence-corrected chi connectivity index (χ3v) is 2.74. The molecule has 0 fully saturated rings. The molecule has 5 heteroatoms. The lowest BCUT2D eigenvalue weighted by molar-refractivity contribution is 0.236. The highest BCUT2D eigenvalue weighted by atomic mass is 19.1. The predicted molar refractivity (Wildman–Crippen MR) is 78.6 cm³/mol. The minimum Gasteiger partial charge on any atom is -0.492 e. The zero-order valence-electron chi connectivity index (χ0n) is 11.5. The summed E-state index contributed by atoms with van der Waals surface area (Å²) in [6, 6.07) is 15.2. The summed E-state index contributed by atoms with van der Waals surface area (Å²) in [7, 11) is 0. The Bertz CT molecular complexity index is 575. The van der Waals surface area contributed by atoms with Crippen LogP contribution in [0.25, 0.3) is 0 Å². The van der Waals surface area contributed by atoms with Crippen molar-refractivity contribution in [2.45, 2.75) is 6.54 Å². The van der Waals surface area contributed by atoms with Crippen LogP contribution in [-0.4, -0.2) is 19.2 Å². The van der Waals surface area contributed by atoms with Crippen molar-refractivity contribution in [1.82, 2.24) is 10.6 Å². The van der Waals surface area contributed by atoms with E-state index >= 15 is 0 Å². The molecule has 4 nitrogen and oxygen atoms in total. The maximum absolute atomic E-state index is 13.0. The number of amides is 2. The smallest absolute Gasteiger partial charge is 0.315 e. The second kappa shape index (κ2) is 7.89. The Morgan fingerprint density at radius 3 is 2.62 bits per heavy atom. The van der Waals surface area contributed by atoms with E-state index < -0.39 is 0 Å². The van der Waals surface area contributed by atoms with Gasteiger partial charge in [0.1, 0.15) is 18.2 Å². The summed E-state index contributed by atoms with van der Waals surface area (Å²) in [6.07, 6.45) is 0. The summed E-state index contributed by atoms with van der Waals surface area (Å²) in [4.78, 5) is 11.5. The first-order valence-corrected chi connectivity index (χ1v) is 6.68. The highest BCUT2D eigenvalue weighted by Gasteiger charge is 2.01. The Kier molecular flexibility index (Phi) is 5.58. The van der Waals surface area contributed by atoms with Crippen LogP contribution < -0.4 is 15.4 Å². The first kappa shape index (κ1) is 14.8. The minimum atomic E-state index is -0.314. The van der Waals surface area contributed by atoms with Crippen LogP contribution in [0.5, 0.6) is 5.75 Å². The topological polar surface area (TPSA) is 50.4 Å². The summed E-state index contributed by atoms with van der Waals surface area (Å²) in [5.74, 6) is 0.449. The van der Waals surface area contributed by atoms with E-state index in [4.69, 9.17) is 4.74 Å². The van der Waals surface area contributed by atoms with Crippen molar-refractivity contribution in [2.75, 3.05) is 13.2 Å². The molecule has 2 N–H and O–H groups in total. The summed E-state index contributed by atoms with van der Waals surface area (Å²) >= 11 is 0. The molecule has 2 rings (SSSR count). The Hall–Kier alpha value is -2.56. The standard InChI is InChI=1S/C16H17FN2O2/c17-14-6-4-5-13(11-14)12-19-16(20)18-9-10-21-15-7-2-1-3-8-15/h1-8,11H,9-10,12H2,(H2,18,19,20). The largest absolute Gasteiger partial charge is 0.492 e. The highest BCUT2D eigenvalue weighted by Crippen LogP contribution is 2.07. The van der Waals surface area contributed by atoms with E-state index in [2.05, 4.69) is 10.6 Å². The number of hydrogen-bond donors (Lipinski definition) is 2. The maximum atomic E-state index is 13.0. The van der Waals surface area contributed by atoms with E-state index in [-0.39, 0.29) is 18.4 Å². The Morgan fingerprint density at radius 1 is 1.05 bits per heavy atom. The number of para-hydroxylation sites is 1. The molecule has 110 valence electrons. The number of carbonyl (C=O) groups is 1. The van der Waals surface area contributed by atoms with Gasteiger partial charge in [-0.1, -0.05) is 30.3 Å². The number of rotatable bonds is 6. The van der Waals surface area contributed by atoms with Gasteiger partial charge in [0, 0.05) is 6.54 Å². The van der Waals surface area contributed by atoms with Gasteiger partial charge in [-0.3, -0.25) is 0 Å². The fourth-order valence-electron chi connectivity index (χ4n) is 1.74. The molecular weight excluding hydrogens is 271 g/mol. The summed E-state index contributed by atoms with van der Waals surface area (Å²) < 4.78 is 18.4. The number of hydrogen-bond acceptors (Lipinski definition) is 2. The monoisotopic (exact) mass is 288 g/mol. The molecule has 0 atom stereocenters. The van der Waals surface area contributed by atoms with Gasteiger partial charge in [-0.25, -0.2) is 9.18 Å². The van der Waals surface area contributed by atoms with Gasteiger partial charge in [-0.15, -0.1) is 0 Å². The van der Waals surface area contributed by atoms with E-state index in [1.165, 1.54) is 12.1 Å². The molecule has 0 aliphatic carbocycles. The number of carbonyl (C=O) groups excluding carboxylic acids is 1. The van der Waals surface area contributed by atoms with Crippen LogP contribution in [0.3, 0.4) is 0 Å². The second-order valence-corrected chi connectivity index (χ2v) is 4.40. The number of halogens is 1. The first-order valence-electron chi connectivity index (χ1n) is 6.68. The van der Waals surface area contributed by atoms with Gasteiger partial charge < -0.3 is 15.4 Å². The second-order valence-electron chi connectivity index (χ2n) is 4.40. The summed E-state index contributed by atoms with van der Waals surface area (Å²) in [6.45, 7) is 1.06. The van der Waals surface area contributed by atoms with Crippen molar-refractivity contribution in [3.63, 3.8) is 0 Å². The Labute approximate surface area is 122 Å². The molecule has 0 aliphatic rings. The van der Waals surface area contributed by atoms with Crippen LogP contribution in [0.4, 0.5) is 9.18 Å². The predicted octanol–water partition coefficient (Wildman–Crippen LogP) is 2.70. The van der Waals surface area contributed by atoms with Gasteiger partial charge in [0.15, 0.2) is 0 Å². The van der Waals surface area contributed by atoms with Crippen LogP contribution in [0.15, 0.2) is 54.6 Å². The molecule has 0 radical (unpaired) electrons. The molecule has 0 aliphatic heterocycles. The molecule has 2 amide bonds. The molecule has 0 aromatic heterocycles. The third kappa shape index (κ3) is 5.52. The van der Waals surface area contributed by atoms with Gasteiger partial charge in [0.25, 0.3) is 0 Å². The van der Waals surface area contributed by atoms with Gasteiger partial charge in [0.2, 0.25) is 0 Å². The summed E-state index contributed by atoms with van der Waals surface area (Å²) in [5, 5.41) is 5.32. The minimum absolute atomic E-state index is 0.281. The van der Waals surface area contributed by atoms with Crippen molar-refractivity contribution in [3.8, 4) is 5.75 Å². The third-order valence-electron chi connectivity index (χ3n) is 2.74. The fraction of sp³-hybridized carbons (Fsp3) is 0.188. The molecule has 0 heterocycles. The lowest BCUT2D eigenvalue weighted by Crippen LogP contribution is -2.37. The average molecular weight is 288 g/mol. The first-order chi connectivity index (χ1) is 10.2. The molecular formula is C16H17FN2O2. The Morgan fingerprint density at radius 2 is 1.86 bits per heavy atom. The van der Waals surface area contributed by atoms with Crippen LogP contribution >= 0.6 is 0 Å². The van der Waals surface area contributed by atoms with Crippen LogP contribution in [-0.2, 0) is 6.54 Å². The van der Waals surface area contributed by atoms with Crippen molar-refractivity contribution in [2.24, 2.45) is 0 Å². The number of benzene rings is 2. The van der Waals surface area contributed by atoms with Crippen molar-refractivity contribution in [1.29, 1.82) is 0 Å². The summed E-state index contributed by atoms with van der Waals surface area (Å²) in [5.41, 5.74) is 0.714. The van der Waals surface area contributed by atoms with Gasteiger partial charge in [-0.05, 0) is 29.8 Å². The van der Waals surface area contributed by atoms with E-state index in [1.54, 1.807) is 12.1 Å². The molecule has 2 aromatic rings. The Balaban J connectivity index is 1.62. The van der Waals surface area contributed by atoms with Gasteiger partial charge in [-0.2, -0.15) is 0 Å². The van der Waals surface area contributed by atoms with E-state index in [0.29, 0.717) is 18.7 Å². The van der Waals surface area contributed by atoms with Crippen LogP contribution in [0.1, 0.15) is 5.56 Å². The zero-order chi connectivity index (χ0) is 14.9. The van der Waals surface area contributed by atoms with E-state index in [1.807, 2.05) is 30.3 Å². The molecule has 0 saturated carbocycles. The highest BCUT2D eigenvalue weighted by molar-refractivity contribution is 5.73. The lowest BCUT2D eigenvalue weighted by atomic mass is 10.2. The number of ether oxygens (including phenoxy) is 1. The normalized spacial score (nSPS) is 9.95. The average Bonchev–Trinajstić information content (AvgIpc) is 2.51. The quantitative estimate of drug-likeness (QED) is 0.803. The molecule has 0 bridgehead atoms. The van der Waals surface area contributed by atoms with Crippen LogP contribution in [0, 0.1) is 5.82 Å². The fourth-order valence-corrected chi connectivity index (χ4v) is 1.74. The van der Waals surface area contributed by atoms with Gasteiger partial charge >= 0.3 is 6.03 Å². The molecule has 0 unspecified atom stereocenters. The van der Waals surface area contributed by atoms with Crippen molar-refractivity contribution >= 4 is 6.03 Å². The van der Waals surface area contributed by atoms with Crippen molar-refractivity contribution in [3.05, 3.63) is 66.0 Å². The maximum Gasteiger partial charge on any atom is 0.315 e. The molecule has 21 heavy (non-hydrogen) atoms. The SMILES string of the molecule is O=C(NCCOc1ccccc1)NCc1cccc(F)c1. The van der Waals surface area contributed by atoms with E-state index in [0.717, 1.165) is 5.75 Å². The zero-order valence-corrected chi connectivity index (χ0v) is 11.5. The molecule has 2 aromatic carbocycles. The molecule has 0 spiro atoms. The molecule has 0 saturated heterocycles. The number of urea groups is 1. The van der Waals surface area contributed by atoms with E-state index in [9.17, 15) is 9.18 Å². The van der Waals surface area contributed by atoms with Crippen molar-refractivity contribution < 1.29 is 13.9 Å². The van der Waals surface area contributed by atoms with Gasteiger partial charge in [0.05, 0.1) is 6.54 Å². The van der Waals surface area contributed by atoms with Crippen LogP contribution in [0.2, 0.25) is 0 Å². The number of nitrogens with one attached hydrogen (secondary N) is 2. The lowest BCUT2D eigenvalue weighted by Gasteiger charge is -2.09.